The fourth-order valence-electron chi connectivity index (χ4n) is 8.30. The molecular weight excluding hydrogens is 512 g/mol. The molecule has 230 valence electrons. The average Bonchev–Trinajstić information content (AvgIpc) is 2.91. The van der Waals surface area contributed by atoms with Crippen molar-refractivity contribution >= 4 is 23.9 Å². The van der Waals surface area contributed by atoms with Crippen molar-refractivity contribution in [2.45, 2.75) is 142 Å². The first kappa shape index (κ1) is 34.1. The van der Waals surface area contributed by atoms with Crippen LogP contribution in [0.15, 0.2) is 0 Å². The number of unbranched alkanes of at least 4 members (excludes halogenated alkanes) is 6. The van der Waals surface area contributed by atoms with Gasteiger partial charge in [-0.15, -0.1) is 0 Å². The van der Waals surface area contributed by atoms with Crippen molar-refractivity contribution in [1.29, 1.82) is 0 Å². The molecule has 8 nitrogen and oxygen atoms in total. The van der Waals surface area contributed by atoms with Crippen LogP contribution in [0.25, 0.3) is 0 Å². The Bertz CT molecular complexity index is 757. The maximum absolute atomic E-state index is 13.3. The van der Waals surface area contributed by atoms with Gasteiger partial charge in [-0.1, -0.05) is 104 Å². The zero-order chi connectivity index (χ0) is 29.8. The molecule has 8 heteroatoms. The van der Waals surface area contributed by atoms with E-state index in [4.69, 9.17) is 0 Å². The Morgan fingerprint density at radius 1 is 0.525 bits per heavy atom. The smallest absolute Gasteiger partial charge is 0.311 e. The van der Waals surface area contributed by atoms with E-state index >= 15 is 0 Å². The minimum atomic E-state index is -2.19. The van der Waals surface area contributed by atoms with Gasteiger partial charge < -0.3 is 20.4 Å². The van der Waals surface area contributed by atoms with Gasteiger partial charge in [-0.2, -0.15) is 0 Å². The topological polar surface area (TPSA) is 149 Å². The van der Waals surface area contributed by atoms with Crippen LogP contribution in [0.1, 0.15) is 142 Å². The summed E-state index contributed by atoms with van der Waals surface area (Å²) in [5.74, 6) is -6.28. The van der Waals surface area contributed by atoms with Crippen LogP contribution in [-0.4, -0.2) is 44.3 Å². The Balaban J connectivity index is 2.41. The maximum atomic E-state index is 13.3. The monoisotopic (exact) mass is 566 g/mol. The van der Waals surface area contributed by atoms with Gasteiger partial charge in [0.05, 0.1) is 23.7 Å². The molecule has 0 spiro atoms. The summed E-state index contributed by atoms with van der Waals surface area (Å²) < 4.78 is 0. The first-order chi connectivity index (χ1) is 19.0. The molecule has 0 saturated heterocycles. The van der Waals surface area contributed by atoms with E-state index in [1.807, 2.05) is 0 Å². The highest BCUT2D eigenvalue weighted by atomic mass is 16.4. The summed E-state index contributed by atoms with van der Waals surface area (Å²) in [7, 11) is 0. The van der Waals surface area contributed by atoms with Crippen molar-refractivity contribution in [2.24, 2.45) is 34.5 Å². The van der Waals surface area contributed by atoms with Gasteiger partial charge in [-0.3, -0.25) is 19.2 Å². The Labute approximate surface area is 240 Å². The summed E-state index contributed by atoms with van der Waals surface area (Å²) in [4.78, 5) is 51.2. The third-order valence-electron chi connectivity index (χ3n) is 10.4. The van der Waals surface area contributed by atoms with Crippen LogP contribution in [-0.2, 0) is 19.2 Å². The van der Waals surface area contributed by atoms with Crippen molar-refractivity contribution in [2.75, 3.05) is 0 Å². The van der Waals surface area contributed by atoms with E-state index in [1.165, 1.54) is 12.8 Å². The van der Waals surface area contributed by atoms with Crippen LogP contribution in [0.5, 0.6) is 0 Å². The molecule has 2 saturated carbocycles. The summed E-state index contributed by atoms with van der Waals surface area (Å²) in [5.41, 5.74) is -4.37. The number of rotatable bonds is 19. The van der Waals surface area contributed by atoms with Gasteiger partial charge in [0.1, 0.15) is 0 Å². The molecule has 0 aromatic carbocycles. The second-order valence-electron chi connectivity index (χ2n) is 12.8. The van der Waals surface area contributed by atoms with Crippen LogP contribution < -0.4 is 0 Å². The molecule has 0 amide bonds. The van der Waals surface area contributed by atoms with E-state index in [2.05, 4.69) is 13.8 Å². The summed E-state index contributed by atoms with van der Waals surface area (Å²) >= 11 is 0. The van der Waals surface area contributed by atoms with Crippen molar-refractivity contribution in [3.05, 3.63) is 0 Å². The minimum Gasteiger partial charge on any atom is -0.481 e. The van der Waals surface area contributed by atoms with E-state index in [0.29, 0.717) is 37.5 Å². The lowest BCUT2D eigenvalue weighted by atomic mass is 9.46. The average molecular weight is 567 g/mol. The first-order valence-electron chi connectivity index (χ1n) is 15.9. The number of carboxylic acid groups (broad SMARTS) is 4. The van der Waals surface area contributed by atoms with Crippen molar-refractivity contribution in [3.8, 4) is 0 Å². The zero-order valence-electron chi connectivity index (χ0n) is 24.9. The second-order valence-corrected chi connectivity index (χ2v) is 12.8. The van der Waals surface area contributed by atoms with Crippen molar-refractivity contribution in [3.63, 3.8) is 0 Å². The molecule has 0 heterocycles. The molecule has 2 aliphatic rings. The van der Waals surface area contributed by atoms with Gasteiger partial charge in [0.25, 0.3) is 0 Å². The number of carbonyl (C=O) groups is 4. The van der Waals surface area contributed by atoms with Crippen LogP contribution in [0, 0.1) is 34.5 Å². The minimum absolute atomic E-state index is 0.409. The van der Waals surface area contributed by atoms with Gasteiger partial charge in [-0.25, -0.2) is 0 Å². The first-order valence-corrected chi connectivity index (χ1v) is 15.9. The lowest BCUT2D eigenvalue weighted by Gasteiger charge is -2.54. The van der Waals surface area contributed by atoms with E-state index in [-0.39, 0.29) is 0 Å². The van der Waals surface area contributed by atoms with Crippen molar-refractivity contribution in [1.82, 2.24) is 0 Å². The van der Waals surface area contributed by atoms with E-state index in [1.54, 1.807) is 0 Å². The second kappa shape index (κ2) is 16.4. The number of hydrogen-bond donors (Lipinski definition) is 4. The summed E-state index contributed by atoms with van der Waals surface area (Å²) in [6.45, 7) is 4.32. The molecule has 0 radical (unpaired) electrons. The standard InChI is InChI=1S/C32H54O8/c1-3-5-7-9-11-23-13-17-25(18-14-23)31(29(37)38,21-27(33)34)32(30(39)40,22-28(35)36)26-19-15-24(16-20-26)12-10-8-6-4-2/h23-26H,3-22H2,1-2H3,(H,33,34)(H,35,36)(H,37,38)(H,39,40). The quantitative estimate of drug-likeness (QED) is 0.117. The van der Waals surface area contributed by atoms with E-state index in [0.717, 1.165) is 77.0 Å². The SMILES string of the molecule is CCCCCCC1CCC(C(CC(=O)O)(C(=O)O)C(CC(=O)O)(C(=O)O)C2CCC(CCCCCC)CC2)CC1. The zero-order valence-corrected chi connectivity index (χ0v) is 24.9. The summed E-state index contributed by atoms with van der Waals surface area (Å²) in [6.07, 6.45) is 14.0. The summed E-state index contributed by atoms with van der Waals surface area (Å²) in [5, 5.41) is 41.6. The molecule has 0 bridgehead atoms. The normalized spacial score (nSPS) is 26.4. The molecule has 0 aromatic rings. The predicted octanol–water partition coefficient (Wildman–Crippen LogP) is 7.63. The molecular formula is C32H54O8. The van der Waals surface area contributed by atoms with Crippen LogP contribution in [0.4, 0.5) is 0 Å². The highest BCUT2D eigenvalue weighted by Crippen LogP contribution is 2.61. The van der Waals surface area contributed by atoms with Gasteiger partial charge in [0.15, 0.2) is 0 Å². The third kappa shape index (κ3) is 8.22. The maximum Gasteiger partial charge on any atom is 0.311 e. The number of aliphatic carboxylic acids is 4. The Morgan fingerprint density at radius 3 is 1.10 bits per heavy atom. The lowest BCUT2D eigenvalue weighted by molar-refractivity contribution is -0.200. The van der Waals surface area contributed by atoms with Gasteiger partial charge in [0.2, 0.25) is 0 Å². The van der Waals surface area contributed by atoms with Gasteiger partial charge in [-0.05, 0) is 49.4 Å². The fourth-order valence-corrected chi connectivity index (χ4v) is 8.30. The Morgan fingerprint density at radius 2 is 0.850 bits per heavy atom. The molecule has 40 heavy (non-hydrogen) atoms. The number of carboxylic acids is 4. The molecule has 2 fully saturated rings. The summed E-state index contributed by atoms with van der Waals surface area (Å²) in [6, 6.07) is 0. The predicted molar refractivity (Wildman–Crippen MR) is 153 cm³/mol. The molecule has 4 N–H and O–H groups in total. The lowest BCUT2D eigenvalue weighted by Crippen LogP contribution is -2.62. The third-order valence-corrected chi connectivity index (χ3v) is 10.4. The Kier molecular flexibility index (Phi) is 13.9. The van der Waals surface area contributed by atoms with E-state index < -0.39 is 59.4 Å². The molecule has 2 rings (SSSR count). The van der Waals surface area contributed by atoms with Crippen molar-refractivity contribution < 1.29 is 39.6 Å². The number of hydrogen-bond acceptors (Lipinski definition) is 4. The highest BCUT2D eigenvalue weighted by molar-refractivity contribution is 5.93. The van der Waals surface area contributed by atoms with Gasteiger partial charge in [0, 0.05) is 0 Å². The molecule has 2 atom stereocenters. The molecule has 2 aliphatic carbocycles. The Hall–Kier alpha value is -2.12. The van der Waals surface area contributed by atoms with Crippen LogP contribution in [0.2, 0.25) is 0 Å². The fraction of sp³-hybridized carbons (Fsp3) is 0.875. The van der Waals surface area contributed by atoms with E-state index in [9.17, 15) is 39.6 Å². The van der Waals surface area contributed by atoms with Crippen LogP contribution >= 0.6 is 0 Å². The molecule has 2 unspecified atom stereocenters. The van der Waals surface area contributed by atoms with Crippen LogP contribution in [0.3, 0.4) is 0 Å². The highest BCUT2D eigenvalue weighted by Gasteiger charge is 2.69. The molecule has 0 aliphatic heterocycles. The van der Waals surface area contributed by atoms with Gasteiger partial charge >= 0.3 is 23.9 Å². The largest absolute Gasteiger partial charge is 0.481 e. The molecule has 0 aromatic heterocycles.